The van der Waals surface area contributed by atoms with Gasteiger partial charge in [-0.05, 0) is 54.9 Å². The Labute approximate surface area is 203 Å². The molecule has 4 heterocycles. The Hall–Kier alpha value is -3.72. The third kappa shape index (κ3) is 3.67. The number of amides is 5. The number of nitrogens with one attached hydrogen (secondary N) is 1. The molecule has 180 valence electrons. The summed E-state index contributed by atoms with van der Waals surface area (Å²) in [7, 11) is 2.11. The molecule has 4 aliphatic rings. The summed E-state index contributed by atoms with van der Waals surface area (Å²) in [6.07, 6.45) is 0.547. The zero-order valence-electron chi connectivity index (χ0n) is 19.6. The fraction of sp³-hybridized carbons (Fsp3) is 0.385. The predicted molar refractivity (Wildman–Crippen MR) is 129 cm³/mol. The number of benzene rings is 2. The molecule has 9 heteroatoms. The molecule has 5 amide bonds. The van der Waals surface area contributed by atoms with Gasteiger partial charge in [-0.1, -0.05) is 12.1 Å². The van der Waals surface area contributed by atoms with Crippen LogP contribution in [0.1, 0.15) is 40.2 Å². The van der Waals surface area contributed by atoms with Gasteiger partial charge in [-0.2, -0.15) is 0 Å². The highest BCUT2D eigenvalue weighted by Gasteiger charge is 2.40. The van der Waals surface area contributed by atoms with Gasteiger partial charge in [-0.15, -0.1) is 0 Å². The number of anilines is 2. The van der Waals surface area contributed by atoms with Gasteiger partial charge >= 0.3 is 6.03 Å². The molecule has 0 radical (unpaired) electrons. The van der Waals surface area contributed by atoms with E-state index < -0.39 is 11.9 Å². The molecule has 2 aromatic carbocycles. The van der Waals surface area contributed by atoms with E-state index in [1.165, 1.54) is 10.5 Å². The first kappa shape index (κ1) is 21.8. The van der Waals surface area contributed by atoms with Crippen LogP contribution in [0.15, 0.2) is 42.5 Å². The van der Waals surface area contributed by atoms with Crippen LogP contribution < -0.4 is 15.1 Å². The van der Waals surface area contributed by atoms with Crippen LogP contribution in [-0.4, -0.2) is 72.8 Å². The second-order valence-electron chi connectivity index (χ2n) is 9.84. The number of urea groups is 1. The second-order valence-corrected chi connectivity index (χ2v) is 9.84. The minimum absolute atomic E-state index is 0.0903. The maximum absolute atomic E-state index is 13.3. The molecule has 4 aliphatic heterocycles. The molecular formula is C26H27N5O4. The van der Waals surface area contributed by atoms with Gasteiger partial charge in [-0.3, -0.25) is 29.5 Å². The van der Waals surface area contributed by atoms with Crippen molar-refractivity contribution in [2.75, 3.05) is 43.0 Å². The number of imide groups is 1. The van der Waals surface area contributed by atoms with E-state index in [4.69, 9.17) is 0 Å². The van der Waals surface area contributed by atoms with E-state index in [1.54, 1.807) is 21.9 Å². The molecule has 1 unspecified atom stereocenters. The maximum Gasteiger partial charge on any atom is 0.329 e. The summed E-state index contributed by atoms with van der Waals surface area (Å²) in [6, 6.07) is 12.9. The minimum Gasteiger partial charge on any atom is -0.322 e. The van der Waals surface area contributed by atoms with Crippen molar-refractivity contribution in [3.8, 4) is 0 Å². The Balaban J connectivity index is 1.17. The highest BCUT2D eigenvalue weighted by Crippen LogP contribution is 2.33. The molecular weight excluding hydrogens is 446 g/mol. The van der Waals surface area contributed by atoms with Crippen molar-refractivity contribution in [1.29, 1.82) is 0 Å². The Morgan fingerprint density at radius 3 is 2.26 bits per heavy atom. The molecule has 3 fully saturated rings. The number of carbonyl (C=O) groups excluding carboxylic acids is 4. The van der Waals surface area contributed by atoms with Crippen molar-refractivity contribution >= 4 is 35.1 Å². The minimum atomic E-state index is -0.650. The zero-order valence-corrected chi connectivity index (χ0v) is 19.6. The number of rotatable bonds is 4. The third-order valence-electron chi connectivity index (χ3n) is 7.57. The van der Waals surface area contributed by atoms with Gasteiger partial charge < -0.3 is 9.80 Å². The van der Waals surface area contributed by atoms with Crippen LogP contribution in [0.4, 0.5) is 16.2 Å². The normalized spacial score (nSPS) is 23.1. The van der Waals surface area contributed by atoms with Crippen molar-refractivity contribution in [1.82, 2.24) is 15.1 Å². The van der Waals surface area contributed by atoms with E-state index >= 15 is 0 Å². The van der Waals surface area contributed by atoms with Gasteiger partial charge in [0, 0.05) is 62.0 Å². The monoisotopic (exact) mass is 473 g/mol. The van der Waals surface area contributed by atoms with Gasteiger partial charge in [0.15, 0.2) is 0 Å². The molecule has 35 heavy (non-hydrogen) atoms. The molecule has 6 rings (SSSR count). The fourth-order valence-electron chi connectivity index (χ4n) is 5.58. The second kappa shape index (κ2) is 8.20. The lowest BCUT2D eigenvalue weighted by atomic mass is 9.92. The average molecular weight is 474 g/mol. The maximum atomic E-state index is 13.3. The van der Waals surface area contributed by atoms with Gasteiger partial charge in [0.2, 0.25) is 11.8 Å². The Bertz CT molecular complexity index is 1240. The van der Waals surface area contributed by atoms with Crippen LogP contribution in [-0.2, 0) is 16.1 Å². The lowest BCUT2D eigenvalue weighted by Crippen LogP contribution is -2.52. The summed E-state index contributed by atoms with van der Waals surface area (Å²) in [4.78, 5) is 57.3. The SMILES string of the molecule is CN1CC(c2ccc(N3CCN(c4ccc5c(c4)CN(C4CCC(=O)NC4=O)C5=O)C3=O)cc2)C1. The number of carbonyl (C=O) groups is 4. The van der Waals surface area contributed by atoms with Crippen LogP contribution >= 0.6 is 0 Å². The molecule has 0 aromatic heterocycles. The lowest BCUT2D eigenvalue weighted by molar-refractivity contribution is -0.136. The number of likely N-dealkylation sites (tertiary alicyclic amines) is 1. The zero-order chi connectivity index (χ0) is 24.3. The standard InChI is InChI=1S/C26H27N5O4/c1-28-13-18(14-28)16-2-4-19(5-3-16)29-10-11-30(26(29)35)20-6-7-21-17(12-20)15-31(25(21)34)22-8-9-23(32)27-24(22)33/h2-7,12,18,22H,8-11,13-15H2,1H3,(H,27,32,33). The predicted octanol–water partition coefficient (Wildman–Crippen LogP) is 1.92. The van der Waals surface area contributed by atoms with Gasteiger partial charge in [0.05, 0.1) is 0 Å². The summed E-state index contributed by atoms with van der Waals surface area (Å²) in [5.41, 5.74) is 4.26. The van der Waals surface area contributed by atoms with Crippen molar-refractivity contribution in [3.63, 3.8) is 0 Å². The van der Waals surface area contributed by atoms with Crippen LogP contribution in [0, 0.1) is 0 Å². The molecule has 1 atom stereocenters. The topological polar surface area (TPSA) is 93.3 Å². The largest absolute Gasteiger partial charge is 0.329 e. The van der Waals surface area contributed by atoms with Gasteiger partial charge in [0.1, 0.15) is 6.04 Å². The summed E-state index contributed by atoms with van der Waals surface area (Å²) >= 11 is 0. The first-order valence-electron chi connectivity index (χ1n) is 12.0. The van der Waals surface area contributed by atoms with E-state index in [0.29, 0.717) is 31.0 Å². The van der Waals surface area contributed by atoms with Crippen molar-refractivity contribution in [3.05, 3.63) is 59.2 Å². The number of fused-ring (bicyclic) bond motifs is 1. The average Bonchev–Trinajstić information content (AvgIpc) is 3.37. The summed E-state index contributed by atoms with van der Waals surface area (Å²) in [6.45, 7) is 3.56. The molecule has 9 nitrogen and oxygen atoms in total. The number of hydrogen-bond acceptors (Lipinski definition) is 5. The number of likely N-dealkylation sites (N-methyl/N-ethyl adjacent to an activating group) is 1. The number of hydrogen-bond donors (Lipinski definition) is 1. The fourth-order valence-corrected chi connectivity index (χ4v) is 5.58. The lowest BCUT2D eigenvalue weighted by Gasteiger charge is -2.36. The summed E-state index contributed by atoms with van der Waals surface area (Å²) in [5, 5.41) is 2.32. The van der Waals surface area contributed by atoms with Crippen LogP contribution in [0.2, 0.25) is 0 Å². The van der Waals surface area contributed by atoms with E-state index in [2.05, 4.69) is 29.4 Å². The Kier molecular flexibility index (Phi) is 5.10. The highest BCUT2D eigenvalue weighted by atomic mass is 16.2. The van der Waals surface area contributed by atoms with Gasteiger partial charge in [-0.25, -0.2) is 4.79 Å². The van der Waals surface area contributed by atoms with Crippen molar-refractivity contribution < 1.29 is 19.2 Å². The van der Waals surface area contributed by atoms with Crippen molar-refractivity contribution in [2.24, 2.45) is 0 Å². The van der Waals surface area contributed by atoms with Crippen LogP contribution in [0.5, 0.6) is 0 Å². The highest BCUT2D eigenvalue weighted by molar-refractivity contribution is 6.08. The molecule has 0 saturated carbocycles. The molecule has 0 spiro atoms. The first-order chi connectivity index (χ1) is 16.9. The van der Waals surface area contributed by atoms with Crippen molar-refractivity contribution in [2.45, 2.75) is 31.3 Å². The molecule has 2 aromatic rings. The quantitative estimate of drug-likeness (QED) is 0.685. The molecule has 0 aliphatic carbocycles. The number of piperidine rings is 1. The van der Waals surface area contributed by atoms with E-state index in [9.17, 15) is 19.2 Å². The molecule has 1 N–H and O–H groups in total. The number of nitrogens with zero attached hydrogens (tertiary/aromatic N) is 4. The Morgan fingerprint density at radius 2 is 1.57 bits per heavy atom. The van der Waals surface area contributed by atoms with Crippen LogP contribution in [0.25, 0.3) is 0 Å². The van der Waals surface area contributed by atoms with Gasteiger partial charge in [0.25, 0.3) is 5.91 Å². The molecule has 0 bridgehead atoms. The summed E-state index contributed by atoms with van der Waals surface area (Å²) in [5.74, 6) is -0.384. The third-order valence-corrected chi connectivity index (χ3v) is 7.57. The van der Waals surface area contributed by atoms with Crippen LogP contribution in [0.3, 0.4) is 0 Å². The summed E-state index contributed by atoms with van der Waals surface area (Å²) < 4.78 is 0. The first-order valence-corrected chi connectivity index (χ1v) is 12.0. The Morgan fingerprint density at radius 1 is 0.886 bits per heavy atom. The van der Waals surface area contributed by atoms with E-state index in [1.807, 2.05) is 18.2 Å². The molecule has 3 saturated heterocycles. The smallest absolute Gasteiger partial charge is 0.322 e. The van der Waals surface area contributed by atoms with E-state index in [0.717, 1.165) is 30.0 Å². The van der Waals surface area contributed by atoms with E-state index in [-0.39, 0.29) is 30.8 Å².